The average Bonchev–Trinajstić information content (AvgIpc) is 3.14. The molecular formula is C24H23N3O2S. The number of hydrogen-bond acceptors (Lipinski definition) is 4. The summed E-state index contributed by atoms with van der Waals surface area (Å²) in [5.41, 5.74) is 5.61. The molecule has 1 aliphatic heterocycles. The second kappa shape index (κ2) is 8.32. The molecule has 6 heteroatoms. The van der Waals surface area contributed by atoms with E-state index >= 15 is 0 Å². The Hall–Kier alpha value is -3.12. The number of aryl methyl sites for hydroxylation is 2. The Morgan fingerprint density at radius 2 is 1.93 bits per heavy atom. The van der Waals surface area contributed by atoms with Crippen LogP contribution in [0.15, 0.2) is 64.6 Å². The van der Waals surface area contributed by atoms with Gasteiger partial charge in [0.25, 0.3) is 5.91 Å². The summed E-state index contributed by atoms with van der Waals surface area (Å²) < 4.78 is 0. The first-order valence-corrected chi connectivity index (χ1v) is 10.7. The predicted octanol–water partition coefficient (Wildman–Crippen LogP) is 5.01. The monoisotopic (exact) mass is 417 g/mol. The van der Waals surface area contributed by atoms with Crippen molar-refractivity contribution in [1.29, 1.82) is 0 Å². The van der Waals surface area contributed by atoms with E-state index in [0.29, 0.717) is 17.1 Å². The molecule has 152 valence electrons. The topological polar surface area (TPSA) is 62.3 Å². The van der Waals surface area contributed by atoms with Crippen LogP contribution in [0.25, 0.3) is 0 Å². The Kier molecular flexibility index (Phi) is 5.59. The maximum Gasteiger partial charge on any atom is 0.258 e. The minimum Gasteiger partial charge on any atom is -0.322 e. The molecule has 0 unspecified atom stereocenters. The lowest BCUT2D eigenvalue weighted by Gasteiger charge is -2.15. The standard InChI is InChI=1S/C24H23N3O2S/c1-15-6-9-22(16(2)13-15)30-24-20(5-4-11-25-24)23(29)26-19-7-8-21-18(14-19)10-12-27(21)17(3)28/h4-9,11,13-14H,10,12H2,1-3H3,(H,26,29). The third-order valence-electron chi connectivity index (χ3n) is 5.17. The minimum absolute atomic E-state index is 0.0361. The van der Waals surface area contributed by atoms with Gasteiger partial charge in [-0.3, -0.25) is 9.59 Å². The highest BCUT2D eigenvalue weighted by atomic mass is 32.2. The number of rotatable bonds is 4. The van der Waals surface area contributed by atoms with Gasteiger partial charge in [-0.2, -0.15) is 0 Å². The number of carbonyl (C=O) groups excluding carboxylic acids is 2. The van der Waals surface area contributed by atoms with Crippen LogP contribution in [0.2, 0.25) is 0 Å². The zero-order chi connectivity index (χ0) is 21.3. The lowest BCUT2D eigenvalue weighted by molar-refractivity contribution is -0.116. The van der Waals surface area contributed by atoms with Crippen molar-refractivity contribution >= 4 is 35.0 Å². The van der Waals surface area contributed by atoms with Crippen molar-refractivity contribution in [3.05, 3.63) is 77.0 Å². The molecule has 30 heavy (non-hydrogen) atoms. The molecule has 4 rings (SSSR count). The number of carbonyl (C=O) groups is 2. The Labute approximate surface area is 180 Å². The lowest BCUT2D eigenvalue weighted by atomic mass is 10.1. The van der Waals surface area contributed by atoms with Crippen LogP contribution in [-0.2, 0) is 11.2 Å². The van der Waals surface area contributed by atoms with Gasteiger partial charge in [-0.05, 0) is 67.8 Å². The average molecular weight is 418 g/mol. The molecule has 0 saturated carbocycles. The Morgan fingerprint density at radius 1 is 1.10 bits per heavy atom. The van der Waals surface area contributed by atoms with Gasteiger partial charge in [0.15, 0.2) is 0 Å². The molecule has 0 radical (unpaired) electrons. The number of fused-ring (bicyclic) bond motifs is 1. The van der Waals surface area contributed by atoms with Gasteiger partial charge in [-0.15, -0.1) is 0 Å². The summed E-state index contributed by atoms with van der Waals surface area (Å²) in [6.07, 6.45) is 2.49. The molecule has 0 bridgehead atoms. The molecule has 0 fully saturated rings. The third-order valence-corrected chi connectivity index (χ3v) is 6.36. The normalized spacial score (nSPS) is 12.6. The molecule has 0 spiro atoms. The van der Waals surface area contributed by atoms with Gasteiger partial charge in [0, 0.05) is 35.9 Å². The van der Waals surface area contributed by atoms with E-state index in [4.69, 9.17) is 0 Å². The highest BCUT2D eigenvalue weighted by Crippen LogP contribution is 2.33. The first kappa shape index (κ1) is 20.2. The fourth-order valence-corrected chi connectivity index (χ4v) is 4.62. The third kappa shape index (κ3) is 4.09. The Morgan fingerprint density at radius 3 is 2.70 bits per heavy atom. The van der Waals surface area contributed by atoms with Crippen molar-refractivity contribution in [3.63, 3.8) is 0 Å². The molecule has 2 aromatic carbocycles. The van der Waals surface area contributed by atoms with E-state index in [1.54, 1.807) is 30.2 Å². The van der Waals surface area contributed by atoms with Gasteiger partial charge in [0.1, 0.15) is 5.03 Å². The minimum atomic E-state index is -0.197. The summed E-state index contributed by atoms with van der Waals surface area (Å²) >= 11 is 1.50. The first-order chi connectivity index (χ1) is 14.4. The second-order valence-electron chi connectivity index (χ2n) is 7.45. The molecule has 3 aromatic rings. The molecule has 0 atom stereocenters. The second-order valence-corrected chi connectivity index (χ2v) is 8.48. The van der Waals surface area contributed by atoms with Crippen LogP contribution in [0, 0.1) is 13.8 Å². The van der Waals surface area contributed by atoms with E-state index in [2.05, 4.69) is 42.3 Å². The first-order valence-electron chi connectivity index (χ1n) is 9.85. The van der Waals surface area contributed by atoms with Crippen LogP contribution in [0.5, 0.6) is 0 Å². The van der Waals surface area contributed by atoms with Crippen molar-refractivity contribution in [2.24, 2.45) is 0 Å². The van der Waals surface area contributed by atoms with Crippen LogP contribution in [0.3, 0.4) is 0 Å². The largest absolute Gasteiger partial charge is 0.322 e. The van der Waals surface area contributed by atoms with Crippen LogP contribution >= 0.6 is 11.8 Å². The van der Waals surface area contributed by atoms with Crippen molar-refractivity contribution in [3.8, 4) is 0 Å². The fraction of sp³-hybridized carbons (Fsp3) is 0.208. The maximum atomic E-state index is 13.0. The van der Waals surface area contributed by atoms with Gasteiger partial charge < -0.3 is 10.2 Å². The van der Waals surface area contributed by atoms with E-state index in [1.807, 2.05) is 18.2 Å². The van der Waals surface area contributed by atoms with Crippen molar-refractivity contribution < 1.29 is 9.59 Å². The predicted molar refractivity (Wildman–Crippen MR) is 120 cm³/mol. The summed E-state index contributed by atoms with van der Waals surface area (Å²) in [6, 6.07) is 15.5. The van der Waals surface area contributed by atoms with Gasteiger partial charge in [-0.1, -0.05) is 29.5 Å². The van der Waals surface area contributed by atoms with E-state index in [0.717, 1.165) is 33.8 Å². The highest BCUT2D eigenvalue weighted by Gasteiger charge is 2.23. The SMILES string of the molecule is CC(=O)N1CCc2cc(NC(=O)c3cccnc3Sc3ccc(C)cc3C)ccc21. The number of hydrogen-bond donors (Lipinski definition) is 1. The Balaban J connectivity index is 1.56. The number of anilines is 2. The van der Waals surface area contributed by atoms with Crippen LogP contribution in [0.1, 0.15) is 34.0 Å². The molecule has 2 amide bonds. The lowest BCUT2D eigenvalue weighted by Crippen LogP contribution is -2.25. The highest BCUT2D eigenvalue weighted by molar-refractivity contribution is 7.99. The molecule has 1 aromatic heterocycles. The van der Waals surface area contributed by atoms with Crippen LogP contribution in [0.4, 0.5) is 11.4 Å². The summed E-state index contributed by atoms with van der Waals surface area (Å²) in [5, 5.41) is 3.66. The van der Waals surface area contributed by atoms with Crippen molar-refractivity contribution in [2.45, 2.75) is 37.1 Å². The van der Waals surface area contributed by atoms with Crippen molar-refractivity contribution in [2.75, 3.05) is 16.8 Å². The van der Waals surface area contributed by atoms with Gasteiger partial charge in [0.05, 0.1) is 5.56 Å². The molecule has 0 aliphatic carbocycles. The zero-order valence-corrected chi connectivity index (χ0v) is 18.0. The molecule has 5 nitrogen and oxygen atoms in total. The van der Waals surface area contributed by atoms with E-state index in [-0.39, 0.29) is 11.8 Å². The molecule has 0 saturated heterocycles. The summed E-state index contributed by atoms with van der Waals surface area (Å²) in [5.74, 6) is -0.161. The van der Waals surface area contributed by atoms with E-state index in [1.165, 1.54) is 17.3 Å². The smallest absolute Gasteiger partial charge is 0.258 e. The number of amides is 2. The Bertz CT molecular complexity index is 1140. The summed E-state index contributed by atoms with van der Waals surface area (Å²) in [4.78, 5) is 32.0. The van der Waals surface area contributed by atoms with Gasteiger partial charge in [-0.25, -0.2) is 4.98 Å². The number of pyridine rings is 1. The van der Waals surface area contributed by atoms with Crippen LogP contribution in [-0.4, -0.2) is 23.3 Å². The zero-order valence-electron chi connectivity index (χ0n) is 17.2. The van der Waals surface area contributed by atoms with Gasteiger partial charge in [0.2, 0.25) is 5.91 Å². The molecular weight excluding hydrogens is 394 g/mol. The van der Waals surface area contributed by atoms with Crippen molar-refractivity contribution in [1.82, 2.24) is 4.98 Å². The van der Waals surface area contributed by atoms with E-state index < -0.39 is 0 Å². The quantitative estimate of drug-likeness (QED) is 0.648. The number of nitrogens with one attached hydrogen (secondary N) is 1. The van der Waals surface area contributed by atoms with Crippen LogP contribution < -0.4 is 10.2 Å². The van der Waals surface area contributed by atoms with E-state index in [9.17, 15) is 9.59 Å². The molecule has 2 heterocycles. The maximum absolute atomic E-state index is 13.0. The number of nitrogens with zero attached hydrogens (tertiary/aromatic N) is 2. The number of aromatic nitrogens is 1. The summed E-state index contributed by atoms with van der Waals surface area (Å²) in [6.45, 7) is 6.38. The number of benzene rings is 2. The van der Waals surface area contributed by atoms with Gasteiger partial charge >= 0.3 is 0 Å². The molecule has 1 aliphatic rings. The molecule has 1 N–H and O–H groups in total. The summed E-state index contributed by atoms with van der Waals surface area (Å²) in [7, 11) is 0. The fourth-order valence-electron chi connectivity index (χ4n) is 3.67.